The smallest absolute Gasteiger partial charge is 0.263 e. The van der Waals surface area contributed by atoms with Crippen molar-refractivity contribution in [2.75, 3.05) is 11.0 Å². The minimum Gasteiger partial charge on any atom is -0.280 e. The number of aromatic nitrogens is 2. The monoisotopic (exact) mass is 405 g/mol. The Bertz CT molecular complexity index is 1210. The van der Waals surface area contributed by atoms with Crippen LogP contribution < -0.4 is 4.72 Å². The first-order valence-corrected chi connectivity index (χ1v) is 11.4. The van der Waals surface area contributed by atoms with Gasteiger partial charge in [-0.3, -0.25) is 4.72 Å². The van der Waals surface area contributed by atoms with E-state index in [4.69, 9.17) is 0 Å². The van der Waals surface area contributed by atoms with Crippen LogP contribution in [0.1, 0.15) is 11.4 Å². The molecule has 0 spiro atoms. The predicted octanol–water partition coefficient (Wildman–Crippen LogP) is 2.69. The van der Waals surface area contributed by atoms with Gasteiger partial charge in [-0.25, -0.2) is 21.5 Å². The van der Waals surface area contributed by atoms with Gasteiger partial charge in [0.25, 0.3) is 10.0 Å². The molecule has 1 aromatic heterocycles. The van der Waals surface area contributed by atoms with E-state index in [0.717, 1.165) is 17.6 Å². The van der Waals surface area contributed by atoms with Crippen LogP contribution in [0.5, 0.6) is 0 Å². The first kappa shape index (κ1) is 19.1. The highest BCUT2D eigenvalue weighted by Gasteiger charge is 2.23. The molecule has 0 aliphatic rings. The van der Waals surface area contributed by atoms with Crippen LogP contribution in [0.25, 0.3) is 5.69 Å². The van der Waals surface area contributed by atoms with E-state index in [9.17, 15) is 16.8 Å². The third-order valence-electron chi connectivity index (χ3n) is 3.89. The molecule has 27 heavy (non-hydrogen) atoms. The first-order chi connectivity index (χ1) is 12.6. The Kier molecular flexibility index (Phi) is 4.83. The molecule has 142 valence electrons. The van der Waals surface area contributed by atoms with Crippen molar-refractivity contribution >= 4 is 25.5 Å². The van der Waals surface area contributed by atoms with Gasteiger partial charge >= 0.3 is 0 Å². The Labute approximate surface area is 158 Å². The van der Waals surface area contributed by atoms with Gasteiger partial charge in [-0.05, 0) is 50.2 Å². The zero-order chi connectivity index (χ0) is 19.8. The summed E-state index contributed by atoms with van der Waals surface area (Å²) in [4.78, 5) is -0.531. The Morgan fingerprint density at radius 2 is 1.56 bits per heavy atom. The molecule has 1 heterocycles. The Hall–Kier alpha value is -2.65. The molecule has 7 nitrogen and oxygen atoms in total. The lowest BCUT2D eigenvalue weighted by molar-refractivity contribution is 0.588. The summed E-state index contributed by atoms with van der Waals surface area (Å²) in [7, 11) is -7.79. The molecule has 0 saturated carbocycles. The van der Waals surface area contributed by atoms with E-state index < -0.39 is 19.9 Å². The number of aryl methyl sites for hydroxylation is 2. The van der Waals surface area contributed by atoms with Gasteiger partial charge in [0.1, 0.15) is 4.90 Å². The Morgan fingerprint density at radius 3 is 2.15 bits per heavy atom. The van der Waals surface area contributed by atoms with Crippen molar-refractivity contribution in [2.24, 2.45) is 0 Å². The van der Waals surface area contributed by atoms with Crippen molar-refractivity contribution in [1.29, 1.82) is 0 Å². The summed E-state index contributed by atoms with van der Waals surface area (Å²) in [6.07, 6.45) is 0.977. The first-order valence-electron chi connectivity index (χ1n) is 8.03. The fourth-order valence-corrected chi connectivity index (χ4v) is 5.46. The lowest BCUT2D eigenvalue weighted by Crippen LogP contribution is -2.16. The van der Waals surface area contributed by atoms with Gasteiger partial charge in [0.2, 0.25) is 0 Å². The van der Waals surface area contributed by atoms with Crippen LogP contribution in [0.2, 0.25) is 0 Å². The SMILES string of the molecule is Cc1cc(C)n(-c2cccc(NS(=O)(=O)c3ccccc3S(C)(=O)=O)c2)n1. The minimum atomic E-state index is -4.09. The zero-order valence-electron chi connectivity index (χ0n) is 15.0. The summed E-state index contributed by atoms with van der Waals surface area (Å²) in [5.41, 5.74) is 2.76. The van der Waals surface area contributed by atoms with Crippen molar-refractivity contribution in [1.82, 2.24) is 9.78 Å². The van der Waals surface area contributed by atoms with E-state index in [-0.39, 0.29) is 9.79 Å². The molecule has 3 rings (SSSR count). The molecule has 0 bridgehead atoms. The molecule has 0 fully saturated rings. The topological polar surface area (TPSA) is 98.1 Å². The molecular formula is C18H19N3O4S2. The van der Waals surface area contributed by atoms with E-state index in [1.54, 1.807) is 22.9 Å². The number of sulfonamides is 1. The fourth-order valence-electron chi connectivity index (χ4n) is 2.78. The molecule has 9 heteroatoms. The highest BCUT2D eigenvalue weighted by Crippen LogP contribution is 2.24. The van der Waals surface area contributed by atoms with Gasteiger partial charge < -0.3 is 0 Å². The quantitative estimate of drug-likeness (QED) is 0.704. The zero-order valence-corrected chi connectivity index (χ0v) is 16.7. The highest BCUT2D eigenvalue weighted by molar-refractivity contribution is 7.95. The molecule has 0 aliphatic carbocycles. The van der Waals surface area contributed by atoms with E-state index in [0.29, 0.717) is 11.4 Å². The van der Waals surface area contributed by atoms with Gasteiger partial charge in [-0.2, -0.15) is 5.10 Å². The summed E-state index contributed by atoms with van der Waals surface area (Å²) < 4.78 is 53.6. The van der Waals surface area contributed by atoms with E-state index in [2.05, 4.69) is 9.82 Å². The summed E-state index contributed by atoms with van der Waals surface area (Å²) >= 11 is 0. The number of sulfone groups is 1. The molecular weight excluding hydrogens is 386 g/mol. The summed E-state index contributed by atoms with van der Waals surface area (Å²) in [5, 5.41) is 4.38. The average Bonchev–Trinajstić information content (AvgIpc) is 2.92. The molecule has 0 saturated heterocycles. The lowest BCUT2D eigenvalue weighted by atomic mass is 10.3. The third kappa shape index (κ3) is 4.04. The van der Waals surface area contributed by atoms with Crippen molar-refractivity contribution in [3.05, 3.63) is 66.0 Å². The molecule has 2 aromatic carbocycles. The maximum absolute atomic E-state index is 12.8. The summed E-state index contributed by atoms with van der Waals surface area (Å²) in [6.45, 7) is 3.78. The molecule has 0 atom stereocenters. The number of anilines is 1. The Balaban J connectivity index is 2.01. The van der Waals surface area contributed by atoms with E-state index >= 15 is 0 Å². The van der Waals surface area contributed by atoms with Crippen LogP contribution in [0.15, 0.2) is 64.4 Å². The van der Waals surface area contributed by atoms with E-state index in [1.165, 1.54) is 24.3 Å². The van der Waals surface area contributed by atoms with Gasteiger partial charge in [0.15, 0.2) is 9.84 Å². The number of hydrogen-bond donors (Lipinski definition) is 1. The van der Waals surface area contributed by atoms with Crippen LogP contribution in [0.3, 0.4) is 0 Å². The second kappa shape index (κ2) is 6.82. The maximum atomic E-state index is 12.8. The van der Waals surface area contributed by atoms with Crippen molar-refractivity contribution in [2.45, 2.75) is 23.6 Å². The Morgan fingerprint density at radius 1 is 0.889 bits per heavy atom. The largest absolute Gasteiger partial charge is 0.280 e. The number of benzene rings is 2. The number of hydrogen-bond acceptors (Lipinski definition) is 5. The second-order valence-electron chi connectivity index (χ2n) is 6.21. The van der Waals surface area contributed by atoms with Gasteiger partial charge in [-0.15, -0.1) is 0 Å². The number of rotatable bonds is 5. The number of nitrogens with one attached hydrogen (secondary N) is 1. The summed E-state index contributed by atoms with van der Waals surface area (Å²) in [6, 6.07) is 14.2. The third-order valence-corrected chi connectivity index (χ3v) is 6.61. The molecule has 0 unspecified atom stereocenters. The van der Waals surface area contributed by atoms with Crippen LogP contribution in [-0.2, 0) is 19.9 Å². The van der Waals surface area contributed by atoms with Crippen molar-refractivity contribution in [3.8, 4) is 5.69 Å². The molecule has 0 aliphatic heterocycles. The molecule has 0 radical (unpaired) electrons. The predicted molar refractivity (Wildman–Crippen MR) is 103 cm³/mol. The molecule has 0 amide bonds. The van der Waals surface area contributed by atoms with Crippen LogP contribution in [0.4, 0.5) is 5.69 Å². The molecule has 1 N–H and O–H groups in total. The van der Waals surface area contributed by atoms with Crippen LogP contribution in [0, 0.1) is 13.8 Å². The molecule has 3 aromatic rings. The van der Waals surface area contributed by atoms with Crippen LogP contribution >= 0.6 is 0 Å². The average molecular weight is 406 g/mol. The van der Waals surface area contributed by atoms with Gasteiger partial charge in [0, 0.05) is 11.9 Å². The van der Waals surface area contributed by atoms with Gasteiger partial charge in [0.05, 0.1) is 22.0 Å². The van der Waals surface area contributed by atoms with Crippen molar-refractivity contribution < 1.29 is 16.8 Å². The maximum Gasteiger partial charge on any atom is 0.263 e. The lowest BCUT2D eigenvalue weighted by Gasteiger charge is -2.12. The highest BCUT2D eigenvalue weighted by atomic mass is 32.2. The minimum absolute atomic E-state index is 0.243. The van der Waals surface area contributed by atoms with E-state index in [1.807, 2.05) is 26.0 Å². The standard InChI is InChI=1S/C18H19N3O4S2/c1-13-11-14(2)21(19-13)16-8-6-7-15(12-16)20-27(24,25)18-10-5-4-9-17(18)26(3,22)23/h4-12,20H,1-3H3. The number of nitrogens with zero attached hydrogens (tertiary/aromatic N) is 2. The summed E-state index contributed by atoms with van der Waals surface area (Å²) in [5.74, 6) is 0. The van der Waals surface area contributed by atoms with Crippen molar-refractivity contribution in [3.63, 3.8) is 0 Å². The second-order valence-corrected chi connectivity index (χ2v) is 9.85. The normalized spacial score (nSPS) is 12.1. The van der Waals surface area contributed by atoms with Crippen LogP contribution in [-0.4, -0.2) is 32.9 Å². The fraction of sp³-hybridized carbons (Fsp3) is 0.167. The van der Waals surface area contributed by atoms with Gasteiger partial charge in [-0.1, -0.05) is 18.2 Å².